The van der Waals surface area contributed by atoms with Gasteiger partial charge in [-0.3, -0.25) is 9.52 Å². The molecule has 0 bridgehead atoms. The highest BCUT2D eigenvalue weighted by molar-refractivity contribution is 7.92. The maximum absolute atomic E-state index is 13.6. The van der Waals surface area contributed by atoms with Crippen LogP contribution < -0.4 is 15.4 Å². The molecule has 41 heavy (non-hydrogen) atoms. The lowest BCUT2D eigenvalue weighted by Gasteiger charge is -2.14. The summed E-state index contributed by atoms with van der Waals surface area (Å²) < 4.78 is 51.0. The molecule has 4 rings (SSSR count). The van der Waals surface area contributed by atoms with Crippen LogP contribution in [0.3, 0.4) is 0 Å². The molecule has 14 heteroatoms. The Morgan fingerprint density at radius 1 is 1.17 bits per heavy atom. The van der Waals surface area contributed by atoms with E-state index < -0.39 is 15.8 Å². The molecule has 0 fully saturated rings. The SMILES string of the molecule is COCC(=O)N[C@@H](C)CNc1nccc(-c2oc(-c3ccc(F)cc3)nc2-c2cc(C)cc(NS(C)(=O)=O)c2Cl)n1. The van der Waals surface area contributed by atoms with Crippen molar-refractivity contribution in [1.29, 1.82) is 0 Å². The zero-order chi connectivity index (χ0) is 29.7. The summed E-state index contributed by atoms with van der Waals surface area (Å²) in [5.74, 6) is -0.00778. The molecular weight excluding hydrogens is 575 g/mol. The second kappa shape index (κ2) is 12.6. The van der Waals surface area contributed by atoms with Crippen LogP contribution in [0.1, 0.15) is 12.5 Å². The van der Waals surface area contributed by atoms with Crippen LogP contribution in [0.25, 0.3) is 34.2 Å². The Morgan fingerprint density at radius 2 is 1.90 bits per heavy atom. The lowest BCUT2D eigenvalue weighted by atomic mass is 10.0. The van der Waals surface area contributed by atoms with Crippen molar-refractivity contribution in [3.8, 4) is 34.2 Å². The van der Waals surface area contributed by atoms with Crippen LogP contribution in [0, 0.1) is 12.7 Å². The summed E-state index contributed by atoms with van der Waals surface area (Å²) in [6.45, 7) is 3.88. The lowest BCUT2D eigenvalue weighted by molar-refractivity contribution is -0.125. The molecule has 11 nitrogen and oxygen atoms in total. The van der Waals surface area contributed by atoms with Gasteiger partial charge in [-0.1, -0.05) is 11.6 Å². The van der Waals surface area contributed by atoms with Crippen molar-refractivity contribution in [3.63, 3.8) is 0 Å². The minimum Gasteiger partial charge on any atom is -0.434 e. The number of anilines is 2. The maximum atomic E-state index is 13.6. The number of rotatable bonds is 11. The van der Waals surface area contributed by atoms with E-state index in [0.29, 0.717) is 34.6 Å². The number of ether oxygens (including phenoxy) is 1. The predicted octanol–water partition coefficient (Wildman–Crippen LogP) is 4.50. The van der Waals surface area contributed by atoms with E-state index in [2.05, 4.69) is 30.3 Å². The molecule has 0 spiro atoms. The van der Waals surface area contributed by atoms with Gasteiger partial charge in [0.25, 0.3) is 0 Å². The van der Waals surface area contributed by atoms with Crippen molar-refractivity contribution in [2.24, 2.45) is 0 Å². The highest BCUT2D eigenvalue weighted by atomic mass is 35.5. The average Bonchev–Trinajstić information content (AvgIpc) is 3.34. The summed E-state index contributed by atoms with van der Waals surface area (Å²) in [5.41, 5.74) is 2.43. The van der Waals surface area contributed by atoms with Crippen molar-refractivity contribution in [1.82, 2.24) is 20.3 Å². The fourth-order valence-electron chi connectivity index (χ4n) is 3.92. The largest absolute Gasteiger partial charge is 0.434 e. The first-order valence-corrected chi connectivity index (χ1v) is 14.6. The number of aromatic nitrogens is 3. The van der Waals surface area contributed by atoms with Crippen molar-refractivity contribution >= 4 is 39.2 Å². The van der Waals surface area contributed by atoms with E-state index in [1.54, 1.807) is 25.1 Å². The molecule has 216 valence electrons. The van der Waals surface area contributed by atoms with Gasteiger partial charge in [-0.15, -0.1) is 0 Å². The molecule has 0 radical (unpaired) electrons. The Kier molecular flexibility index (Phi) is 9.21. The van der Waals surface area contributed by atoms with Gasteiger partial charge < -0.3 is 19.8 Å². The predicted molar refractivity (Wildman–Crippen MR) is 155 cm³/mol. The van der Waals surface area contributed by atoms with Crippen molar-refractivity contribution in [2.45, 2.75) is 19.9 Å². The molecule has 2 aromatic heterocycles. The van der Waals surface area contributed by atoms with Crippen LogP contribution in [-0.2, 0) is 19.6 Å². The van der Waals surface area contributed by atoms with Crippen LogP contribution in [0.4, 0.5) is 16.0 Å². The number of aryl methyl sites for hydroxylation is 1. The molecule has 4 aromatic rings. The van der Waals surface area contributed by atoms with Crippen molar-refractivity contribution in [2.75, 3.05) is 36.6 Å². The summed E-state index contributed by atoms with van der Waals surface area (Å²) in [5, 5.41) is 5.97. The minimum absolute atomic E-state index is 0.0517. The monoisotopic (exact) mass is 602 g/mol. The standard InChI is InChI=1S/C27H28ClFN6O5S/c1-15-11-19(23(28)21(12-15)35-41(4,37)38)24-25(40-26(34-24)17-5-7-18(29)8-6-17)20-9-10-30-27(33-20)31-13-16(2)32-22(36)14-39-3/h5-12,16,35H,13-14H2,1-4H3,(H,32,36)(H,30,31,33)/t16-/m0/s1. The van der Waals surface area contributed by atoms with Crippen LogP contribution in [-0.4, -0.2) is 61.8 Å². The third-order valence-corrected chi connectivity index (χ3v) is 6.62. The Balaban J connectivity index is 1.76. The summed E-state index contributed by atoms with van der Waals surface area (Å²) in [6, 6.07) is 10.3. The van der Waals surface area contributed by atoms with E-state index in [-0.39, 0.29) is 46.9 Å². The first-order chi connectivity index (χ1) is 19.4. The molecule has 0 aliphatic rings. The molecule has 0 saturated heterocycles. The molecule has 0 aliphatic carbocycles. The quantitative estimate of drug-likeness (QED) is 0.225. The Morgan fingerprint density at radius 3 is 2.59 bits per heavy atom. The topological polar surface area (TPSA) is 148 Å². The van der Waals surface area contributed by atoms with Gasteiger partial charge in [0.15, 0.2) is 5.76 Å². The summed E-state index contributed by atoms with van der Waals surface area (Å²) >= 11 is 6.69. The molecule has 2 heterocycles. The van der Waals surface area contributed by atoms with Crippen LogP contribution >= 0.6 is 11.6 Å². The summed E-state index contributed by atoms with van der Waals surface area (Å²) in [4.78, 5) is 25.3. The highest BCUT2D eigenvalue weighted by Crippen LogP contribution is 2.41. The third-order valence-electron chi connectivity index (χ3n) is 5.62. The molecule has 3 N–H and O–H groups in total. The van der Waals surface area contributed by atoms with Gasteiger partial charge in [0.2, 0.25) is 27.8 Å². The first-order valence-electron chi connectivity index (χ1n) is 12.3. The first kappa shape index (κ1) is 29.9. The summed E-state index contributed by atoms with van der Waals surface area (Å²) in [7, 11) is -2.19. The highest BCUT2D eigenvalue weighted by Gasteiger charge is 2.24. The van der Waals surface area contributed by atoms with Gasteiger partial charge >= 0.3 is 0 Å². The Bertz CT molecular complexity index is 1660. The van der Waals surface area contributed by atoms with E-state index in [4.69, 9.17) is 20.8 Å². The number of halogens is 2. The number of methoxy groups -OCH3 is 1. The fraction of sp³-hybridized carbons (Fsp3) is 0.259. The molecule has 1 amide bonds. The van der Waals surface area contributed by atoms with E-state index >= 15 is 0 Å². The van der Waals surface area contributed by atoms with E-state index in [0.717, 1.165) is 6.26 Å². The maximum Gasteiger partial charge on any atom is 0.246 e. The molecule has 1 atom stereocenters. The molecule has 0 aliphatic heterocycles. The number of carbonyl (C=O) groups is 1. The van der Waals surface area contributed by atoms with Crippen molar-refractivity contribution < 1.29 is 26.8 Å². The molecule has 0 unspecified atom stereocenters. The van der Waals surface area contributed by atoms with Gasteiger partial charge in [-0.25, -0.2) is 27.8 Å². The third kappa shape index (κ3) is 7.78. The second-order valence-electron chi connectivity index (χ2n) is 9.30. The zero-order valence-corrected chi connectivity index (χ0v) is 24.2. The van der Waals surface area contributed by atoms with Gasteiger partial charge in [0, 0.05) is 37.0 Å². The van der Waals surface area contributed by atoms with Gasteiger partial charge in [-0.05, 0) is 61.9 Å². The number of oxazole rings is 1. The number of carbonyl (C=O) groups excluding carboxylic acids is 1. The lowest BCUT2D eigenvalue weighted by Crippen LogP contribution is -2.39. The average molecular weight is 603 g/mol. The summed E-state index contributed by atoms with van der Waals surface area (Å²) in [6.07, 6.45) is 2.55. The van der Waals surface area contributed by atoms with Crippen LogP contribution in [0.5, 0.6) is 0 Å². The van der Waals surface area contributed by atoms with Crippen LogP contribution in [0.15, 0.2) is 53.1 Å². The number of amides is 1. The smallest absolute Gasteiger partial charge is 0.246 e. The zero-order valence-electron chi connectivity index (χ0n) is 22.7. The molecule has 0 saturated carbocycles. The van der Waals surface area contributed by atoms with E-state index in [1.807, 2.05) is 6.92 Å². The number of hydrogen-bond acceptors (Lipinski definition) is 9. The van der Waals surface area contributed by atoms with Gasteiger partial charge in [0.1, 0.15) is 23.8 Å². The fourth-order valence-corrected chi connectivity index (χ4v) is 4.78. The number of nitrogens with one attached hydrogen (secondary N) is 3. The Hall–Kier alpha value is -4.07. The van der Waals surface area contributed by atoms with Gasteiger partial charge in [-0.2, -0.15) is 0 Å². The normalized spacial score (nSPS) is 12.1. The minimum atomic E-state index is -3.63. The Labute approximate surface area is 241 Å². The van der Waals surface area contributed by atoms with Crippen LogP contribution in [0.2, 0.25) is 5.02 Å². The van der Waals surface area contributed by atoms with Crippen molar-refractivity contribution in [3.05, 3.63) is 65.1 Å². The number of nitrogens with zero attached hydrogens (tertiary/aromatic N) is 3. The second-order valence-corrected chi connectivity index (χ2v) is 11.4. The number of benzene rings is 2. The molecular formula is C27H28ClFN6O5S. The van der Waals surface area contributed by atoms with Gasteiger partial charge in [0.05, 0.1) is 17.0 Å². The number of sulfonamides is 1. The van der Waals surface area contributed by atoms with E-state index in [9.17, 15) is 17.6 Å². The molecule has 2 aromatic carbocycles. The number of hydrogen-bond donors (Lipinski definition) is 3. The van der Waals surface area contributed by atoms with E-state index in [1.165, 1.54) is 37.6 Å².